The Balaban J connectivity index is 2.05. The highest BCUT2D eigenvalue weighted by atomic mass is 16.5. The number of hydrogen-bond acceptors (Lipinski definition) is 3. The van der Waals surface area contributed by atoms with E-state index in [1.807, 2.05) is 6.92 Å². The second-order valence-corrected chi connectivity index (χ2v) is 6.14. The van der Waals surface area contributed by atoms with Crippen molar-refractivity contribution < 1.29 is 19.4 Å². The largest absolute Gasteiger partial charge is 0.481 e. The lowest BCUT2D eigenvalue weighted by Crippen LogP contribution is -2.65. The molecule has 1 heterocycles. The van der Waals surface area contributed by atoms with E-state index in [0.717, 1.165) is 6.42 Å². The monoisotopic (exact) mass is 269 g/mol. The van der Waals surface area contributed by atoms with Gasteiger partial charge in [0.05, 0.1) is 12.0 Å². The molecule has 0 aromatic rings. The van der Waals surface area contributed by atoms with Crippen LogP contribution in [0.25, 0.3) is 0 Å². The normalized spacial score (nSPS) is 33.9. The number of piperidine rings is 1. The average Bonchev–Trinajstić information content (AvgIpc) is 2.35. The lowest BCUT2D eigenvalue weighted by Gasteiger charge is -2.56. The molecular formula is C14H23NO4. The summed E-state index contributed by atoms with van der Waals surface area (Å²) in [5, 5.41) is 9.12. The van der Waals surface area contributed by atoms with E-state index in [-0.39, 0.29) is 23.5 Å². The summed E-state index contributed by atoms with van der Waals surface area (Å²) in [6.07, 6.45) is 1.80. The van der Waals surface area contributed by atoms with Crippen molar-refractivity contribution in [1.82, 2.24) is 4.90 Å². The molecule has 108 valence electrons. The van der Waals surface area contributed by atoms with Crippen LogP contribution in [0.3, 0.4) is 0 Å². The van der Waals surface area contributed by atoms with Crippen LogP contribution < -0.4 is 0 Å². The van der Waals surface area contributed by atoms with Gasteiger partial charge in [-0.1, -0.05) is 13.8 Å². The fourth-order valence-electron chi connectivity index (χ4n) is 3.25. The van der Waals surface area contributed by atoms with Crippen molar-refractivity contribution in [3.63, 3.8) is 0 Å². The zero-order chi connectivity index (χ0) is 14.2. The molecule has 1 aliphatic carbocycles. The minimum Gasteiger partial charge on any atom is -0.481 e. The highest BCUT2D eigenvalue weighted by molar-refractivity contribution is 5.81. The summed E-state index contributed by atoms with van der Waals surface area (Å²) in [4.78, 5) is 24.9. The van der Waals surface area contributed by atoms with E-state index in [1.54, 1.807) is 4.90 Å². The summed E-state index contributed by atoms with van der Waals surface area (Å²) in [5.74, 6) is -1.12. The quantitative estimate of drug-likeness (QED) is 0.840. The zero-order valence-corrected chi connectivity index (χ0v) is 11.9. The third-order valence-corrected chi connectivity index (χ3v) is 4.66. The molecule has 5 heteroatoms. The van der Waals surface area contributed by atoms with Crippen LogP contribution in [0.5, 0.6) is 0 Å². The topological polar surface area (TPSA) is 66.8 Å². The van der Waals surface area contributed by atoms with E-state index in [2.05, 4.69) is 13.8 Å². The maximum absolute atomic E-state index is 12.0. The first-order valence-corrected chi connectivity index (χ1v) is 7.01. The van der Waals surface area contributed by atoms with Gasteiger partial charge in [0.15, 0.2) is 0 Å². The predicted molar refractivity (Wildman–Crippen MR) is 69.7 cm³/mol. The number of nitrogens with zero attached hydrogens (tertiary/aromatic N) is 1. The van der Waals surface area contributed by atoms with E-state index in [0.29, 0.717) is 26.0 Å². The maximum atomic E-state index is 12.0. The van der Waals surface area contributed by atoms with Crippen LogP contribution in [0, 0.1) is 11.3 Å². The van der Waals surface area contributed by atoms with Gasteiger partial charge in [0.25, 0.3) is 0 Å². The van der Waals surface area contributed by atoms with Gasteiger partial charge in [0.1, 0.15) is 0 Å². The molecule has 1 aliphatic heterocycles. The molecule has 1 saturated heterocycles. The van der Waals surface area contributed by atoms with Crippen LogP contribution in [-0.4, -0.2) is 47.2 Å². The lowest BCUT2D eigenvalue weighted by molar-refractivity contribution is -0.175. The molecule has 0 radical (unpaired) electrons. The SMILES string of the molecule is CCOC1CC(N2CC(C(=O)O)CCC2=O)C1(C)C. The van der Waals surface area contributed by atoms with Crippen molar-refractivity contribution in [2.75, 3.05) is 13.2 Å². The van der Waals surface area contributed by atoms with Crippen molar-refractivity contribution >= 4 is 11.9 Å². The maximum Gasteiger partial charge on any atom is 0.308 e. The molecule has 1 saturated carbocycles. The minimum atomic E-state index is -0.795. The summed E-state index contributed by atoms with van der Waals surface area (Å²) >= 11 is 0. The Morgan fingerprint density at radius 3 is 2.74 bits per heavy atom. The first kappa shape index (κ1) is 14.3. The third kappa shape index (κ3) is 2.48. The Morgan fingerprint density at radius 2 is 2.21 bits per heavy atom. The van der Waals surface area contributed by atoms with Gasteiger partial charge in [-0.2, -0.15) is 0 Å². The Labute approximate surface area is 113 Å². The summed E-state index contributed by atoms with van der Waals surface area (Å²) in [5.41, 5.74) is -0.0912. The first-order chi connectivity index (χ1) is 8.87. The number of carbonyl (C=O) groups excluding carboxylic acids is 1. The Bertz CT molecular complexity index is 380. The fraction of sp³-hybridized carbons (Fsp3) is 0.857. The number of carbonyl (C=O) groups is 2. The fourth-order valence-corrected chi connectivity index (χ4v) is 3.25. The highest BCUT2D eigenvalue weighted by Gasteiger charge is 2.53. The summed E-state index contributed by atoms with van der Waals surface area (Å²) in [6, 6.07) is 0.110. The number of ether oxygens (including phenoxy) is 1. The molecule has 1 amide bonds. The smallest absolute Gasteiger partial charge is 0.308 e. The Morgan fingerprint density at radius 1 is 1.53 bits per heavy atom. The van der Waals surface area contributed by atoms with Crippen LogP contribution in [0.2, 0.25) is 0 Å². The number of carboxylic acids is 1. The van der Waals surface area contributed by atoms with Crippen LogP contribution in [0.15, 0.2) is 0 Å². The third-order valence-electron chi connectivity index (χ3n) is 4.66. The second-order valence-electron chi connectivity index (χ2n) is 6.14. The van der Waals surface area contributed by atoms with E-state index >= 15 is 0 Å². The van der Waals surface area contributed by atoms with Crippen molar-refractivity contribution in [2.45, 2.75) is 52.2 Å². The highest BCUT2D eigenvalue weighted by Crippen LogP contribution is 2.46. The minimum absolute atomic E-state index is 0.0884. The van der Waals surface area contributed by atoms with Gasteiger partial charge in [0, 0.05) is 31.0 Å². The van der Waals surface area contributed by atoms with Gasteiger partial charge in [-0.05, 0) is 19.8 Å². The zero-order valence-electron chi connectivity index (χ0n) is 11.9. The summed E-state index contributed by atoms with van der Waals surface area (Å²) in [6.45, 7) is 7.18. The molecule has 1 N–H and O–H groups in total. The van der Waals surface area contributed by atoms with Crippen molar-refractivity contribution in [1.29, 1.82) is 0 Å². The number of likely N-dealkylation sites (tertiary alicyclic amines) is 1. The molecule has 5 nitrogen and oxygen atoms in total. The molecule has 2 aliphatic rings. The van der Waals surface area contributed by atoms with E-state index in [9.17, 15) is 9.59 Å². The van der Waals surface area contributed by atoms with Gasteiger partial charge in [-0.15, -0.1) is 0 Å². The molecule has 0 aromatic carbocycles. The average molecular weight is 269 g/mol. The van der Waals surface area contributed by atoms with Gasteiger partial charge >= 0.3 is 5.97 Å². The van der Waals surface area contributed by atoms with Crippen LogP contribution in [0.1, 0.15) is 40.0 Å². The van der Waals surface area contributed by atoms with E-state index in [1.165, 1.54) is 0 Å². The van der Waals surface area contributed by atoms with Crippen molar-refractivity contribution in [3.05, 3.63) is 0 Å². The molecule has 19 heavy (non-hydrogen) atoms. The van der Waals surface area contributed by atoms with Crippen LogP contribution >= 0.6 is 0 Å². The van der Waals surface area contributed by atoms with Crippen molar-refractivity contribution in [2.24, 2.45) is 11.3 Å². The second kappa shape index (κ2) is 5.12. The molecule has 0 bridgehead atoms. The predicted octanol–water partition coefficient (Wildman–Crippen LogP) is 1.51. The summed E-state index contributed by atoms with van der Waals surface area (Å²) < 4.78 is 5.67. The lowest BCUT2D eigenvalue weighted by atomic mass is 9.63. The first-order valence-electron chi connectivity index (χ1n) is 7.01. The molecule has 3 unspecified atom stereocenters. The number of aliphatic carboxylic acids is 1. The number of carboxylic acid groups (broad SMARTS) is 1. The van der Waals surface area contributed by atoms with Crippen molar-refractivity contribution in [3.8, 4) is 0 Å². The van der Waals surface area contributed by atoms with Crippen LogP contribution in [-0.2, 0) is 14.3 Å². The van der Waals surface area contributed by atoms with Crippen LogP contribution in [0.4, 0.5) is 0 Å². The molecule has 3 atom stereocenters. The molecule has 2 fully saturated rings. The van der Waals surface area contributed by atoms with Gasteiger partial charge in [-0.3, -0.25) is 9.59 Å². The van der Waals surface area contributed by atoms with E-state index < -0.39 is 11.9 Å². The van der Waals surface area contributed by atoms with Gasteiger partial charge in [0.2, 0.25) is 5.91 Å². The molecule has 0 spiro atoms. The molecule has 2 rings (SSSR count). The number of amides is 1. The van der Waals surface area contributed by atoms with E-state index in [4.69, 9.17) is 9.84 Å². The number of hydrogen-bond donors (Lipinski definition) is 1. The van der Waals surface area contributed by atoms with Gasteiger partial charge < -0.3 is 14.7 Å². The van der Waals surface area contributed by atoms with Gasteiger partial charge in [-0.25, -0.2) is 0 Å². The molecular weight excluding hydrogens is 246 g/mol. The molecule has 0 aromatic heterocycles. The Hall–Kier alpha value is -1.10. The standard InChI is InChI=1S/C14H23NO4/c1-4-19-11-7-10(14(11,2)3)15-8-9(13(17)18)5-6-12(15)16/h9-11H,4-8H2,1-3H3,(H,17,18). The number of rotatable bonds is 4. The summed E-state index contributed by atoms with van der Waals surface area (Å²) in [7, 11) is 0. The Kier molecular flexibility index (Phi) is 3.85.